The van der Waals surface area contributed by atoms with Crippen molar-refractivity contribution in [2.45, 2.75) is 26.7 Å². The lowest BCUT2D eigenvalue weighted by molar-refractivity contribution is -0.123. The van der Waals surface area contributed by atoms with Crippen molar-refractivity contribution in [2.24, 2.45) is 0 Å². The van der Waals surface area contributed by atoms with Gasteiger partial charge in [0.25, 0.3) is 5.91 Å². The average Bonchev–Trinajstić information content (AvgIpc) is 2.64. The molecule has 0 aromatic heterocycles. The highest BCUT2D eigenvalue weighted by Crippen LogP contribution is 2.34. The molecule has 2 amide bonds. The molecule has 2 aromatic rings. The van der Waals surface area contributed by atoms with Crippen molar-refractivity contribution in [3.63, 3.8) is 0 Å². The summed E-state index contributed by atoms with van der Waals surface area (Å²) in [6.45, 7) is 3.92. The minimum Gasteiger partial charge on any atom is -0.482 e. The molecule has 0 fully saturated rings. The minimum atomic E-state index is -0.269. The number of carbonyl (C=O) groups is 2. The highest BCUT2D eigenvalue weighted by molar-refractivity contribution is 6.31. The third kappa shape index (κ3) is 3.68. The second-order valence-electron chi connectivity index (χ2n) is 6.09. The fourth-order valence-electron chi connectivity index (χ4n) is 3.07. The molecule has 136 valence electrons. The van der Waals surface area contributed by atoms with E-state index in [-0.39, 0.29) is 25.0 Å². The van der Waals surface area contributed by atoms with E-state index in [0.29, 0.717) is 16.5 Å². The lowest BCUT2D eigenvalue weighted by atomic mass is 10.0. The van der Waals surface area contributed by atoms with Crippen LogP contribution in [-0.4, -0.2) is 25.0 Å². The van der Waals surface area contributed by atoms with Crippen LogP contribution in [0.5, 0.6) is 5.75 Å². The fraction of sp³-hybridized carbons (Fsp3) is 0.300. The molecule has 6 heteroatoms. The van der Waals surface area contributed by atoms with Gasteiger partial charge in [0.05, 0.1) is 5.69 Å². The summed E-state index contributed by atoms with van der Waals surface area (Å²) in [5, 5.41) is 3.47. The first-order valence-corrected chi connectivity index (χ1v) is 9.04. The Kier molecular flexibility index (Phi) is 5.47. The number of para-hydroxylation sites is 1. The summed E-state index contributed by atoms with van der Waals surface area (Å²) in [7, 11) is 0. The van der Waals surface area contributed by atoms with Gasteiger partial charge in [-0.05, 0) is 42.2 Å². The van der Waals surface area contributed by atoms with Gasteiger partial charge < -0.3 is 10.1 Å². The molecule has 0 bridgehead atoms. The first-order chi connectivity index (χ1) is 12.5. The lowest BCUT2D eigenvalue weighted by Crippen LogP contribution is -2.43. The molecular formula is C20H21ClN2O3. The summed E-state index contributed by atoms with van der Waals surface area (Å²) in [5.74, 6) is 0.0289. The molecule has 26 heavy (non-hydrogen) atoms. The van der Waals surface area contributed by atoms with Crippen molar-refractivity contribution in [3.05, 3.63) is 52.5 Å². The first kappa shape index (κ1) is 18.3. The zero-order chi connectivity index (χ0) is 18.7. The number of hydrogen-bond acceptors (Lipinski definition) is 3. The van der Waals surface area contributed by atoms with Gasteiger partial charge in [-0.1, -0.05) is 43.6 Å². The maximum Gasteiger partial charge on any atom is 0.265 e. The molecule has 0 atom stereocenters. The summed E-state index contributed by atoms with van der Waals surface area (Å²) >= 11 is 6.04. The number of fused-ring (bicyclic) bond motifs is 1. The summed E-state index contributed by atoms with van der Waals surface area (Å²) in [6, 6.07) is 11.0. The lowest BCUT2D eigenvalue weighted by Gasteiger charge is -2.29. The van der Waals surface area contributed by atoms with Crippen LogP contribution >= 0.6 is 11.6 Å². The van der Waals surface area contributed by atoms with Gasteiger partial charge in [0.15, 0.2) is 6.61 Å². The number of hydrogen-bond donors (Lipinski definition) is 1. The van der Waals surface area contributed by atoms with Crippen LogP contribution in [0.1, 0.15) is 25.0 Å². The van der Waals surface area contributed by atoms with E-state index in [1.165, 1.54) is 4.90 Å². The van der Waals surface area contributed by atoms with Crippen LogP contribution in [0.3, 0.4) is 0 Å². The molecule has 0 radical (unpaired) electrons. The zero-order valence-corrected chi connectivity index (χ0v) is 15.6. The smallest absolute Gasteiger partial charge is 0.265 e. The SMILES string of the molecule is CCc1cccc(CC)c1NC(=O)CN1C(=O)COc2ccc(Cl)cc21. The molecule has 0 saturated carbocycles. The van der Waals surface area contributed by atoms with E-state index in [1.54, 1.807) is 18.2 Å². The van der Waals surface area contributed by atoms with Crippen LogP contribution < -0.4 is 15.0 Å². The second kappa shape index (κ2) is 7.79. The number of rotatable bonds is 5. The fourth-order valence-corrected chi connectivity index (χ4v) is 3.24. The quantitative estimate of drug-likeness (QED) is 0.867. The third-order valence-corrected chi connectivity index (χ3v) is 4.66. The van der Waals surface area contributed by atoms with Crippen molar-refractivity contribution in [2.75, 3.05) is 23.4 Å². The Morgan fingerprint density at radius 1 is 1.19 bits per heavy atom. The number of benzene rings is 2. The van der Waals surface area contributed by atoms with Crippen LogP contribution in [0.2, 0.25) is 5.02 Å². The van der Waals surface area contributed by atoms with Gasteiger partial charge in [-0.25, -0.2) is 0 Å². The van der Waals surface area contributed by atoms with E-state index >= 15 is 0 Å². The van der Waals surface area contributed by atoms with Crippen LogP contribution in [0, 0.1) is 0 Å². The summed E-state index contributed by atoms with van der Waals surface area (Å²) in [4.78, 5) is 26.4. The standard InChI is InChI=1S/C20H21ClN2O3/c1-3-13-6-5-7-14(4-2)20(13)22-18(24)11-23-16-10-15(21)8-9-17(16)26-12-19(23)25/h5-10H,3-4,11-12H2,1-2H3,(H,22,24). The summed E-state index contributed by atoms with van der Waals surface area (Å²) in [5.41, 5.74) is 3.52. The van der Waals surface area contributed by atoms with Crippen LogP contribution in [0.4, 0.5) is 11.4 Å². The zero-order valence-electron chi connectivity index (χ0n) is 14.8. The van der Waals surface area contributed by atoms with Crippen LogP contribution in [0.25, 0.3) is 0 Å². The highest BCUT2D eigenvalue weighted by Gasteiger charge is 2.28. The largest absolute Gasteiger partial charge is 0.482 e. The number of halogens is 1. The molecule has 3 rings (SSSR count). The van der Waals surface area contributed by atoms with Crippen molar-refractivity contribution in [1.82, 2.24) is 0 Å². The van der Waals surface area contributed by atoms with Crippen molar-refractivity contribution in [3.8, 4) is 5.75 Å². The Morgan fingerprint density at radius 2 is 1.88 bits per heavy atom. The molecule has 0 aliphatic carbocycles. The average molecular weight is 373 g/mol. The minimum absolute atomic E-state index is 0.0866. The maximum atomic E-state index is 12.7. The number of anilines is 2. The Morgan fingerprint density at radius 3 is 2.54 bits per heavy atom. The van der Waals surface area contributed by atoms with Gasteiger partial charge in [-0.3, -0.25) is 14.5 Å². The monoisotopic (exact) mass is 372 g/mol. The van der Waals surface area contributed by atoms with Crippen molar-refractivity contribution >= 4 is 34.8 Å². The molecule has 0 saturated heterocycles. The van der Waals surface area contributed by atoms with E-state index in [9.17, 15) is 9.59 Å². The van der Waals surface area contributed by atoms with E-state index in [4.69, 9.17) is 16.3 Å². The molecule has 1 N–H and O–H groups in total. The number of nitrogens with one attached hydrogen (secondary N) is 1. The van der Waals surface area contributed by atoms with Gasteiger partial charge in [-0.2, -0.15) is 0 Å². The van der Waals surface area contributed by atoms with Gasteiger partial charge in [0.2, 0.25) is 5.91 Å². The Bertz CT molecular complexity index is 829. The number of carbonyl (C=O) groups excluding carboxylic acids is 2. The molecule has 5 nitrogen and oxygen atoms in total. The molecule has 1 aliphatic heterocycles. The topological polar surface area (TPSA) is 58.6 Å². The molecule has 0 unspecified atom stereocenters. The predicted octanol–water partition coefficient (Wildman–Crippen LogP) is 3.83. The van der Waals surface area contributed by atoms with Crippen molar-refractivity contribution in [1.29, 1.82) is 0 Å². The first-order valence-electron chi connectivity index (χ1n) is 8.66. The normalized spacial score (nSPS) is 13.2. The van der Waals surface area contributed by atoms with Crippen LogP contribution in [-0.2, 0) is 22.4 Å². The second-order valence-corrected chi connectivity index (χ2v) is 6.52. The van der Waals surface area contributed by atoms with Gasteiger partial charge in [-0.15, -0.1) is 0 Å². The van der Waals surface area contributed by atoms with E-state index in [2.05, 4.69) is 5.32 Å². The van der Waals surface area contributed by atoms with Gasteiger partial charge in [0, 0.05) is 10.7 Å². The van der Waals surface area contributed by atoms with Crippen molar-refractivity contribution < 1.29 is 14.3 Å². The summed E-state index contributed by atoms with van der Waals surface area (Å²) in [6.07, 6.45) is 1.64. The third-order valence-electron chi connectivity index (χ3n) is 4.43. The molecule has 0 spiro atoms. The number of ether oxygens (including phenoxy) is 1. The van der Waals surface area contributed by atoms with Gasteiger partial charge >= 0.3 is 0 Å². The van der Waals surface area contributed by atoms with E-state index < -0.39 is 0 Å². The van der Waals surface area contributed by atoms with Crippen LogP contribution in [0.15, 0.2) is 36.4 Å². The molecule has 1 heterocycles. The Balaban J connectivity index is 1.83. The van der Waals surface area contributed by atoms with E-state index in [0.717, 1.165) is 29.7 Å². The Hall–Kier alpha value is -2.53. The van der Waals surface area contributed by atoms with Gasteiger partial charge in [0.1, 0.15) is 12.3 Å². The number of nitrogens with zero attached hydrogens (tertiary/aromatic N) is 1. The summed E-state index contributed by atoms with van der Waals surface area (Å²) < 4.78 is 5.41. The number of aryl methyl sites for hydroxylation is 2. The molecule has 1 aliphatic rings. The highest BCUT2D eigenvalue weighted by atomic mass is 35.5. The Labute approximate surface area is 157 Å². The number of amides is 2. The predicted molar refractivity (Wildman–Crippen MR) is 103 cm³/mol. The molecular weight excluding hydrogens is 352 g/mol. The van der Waals surface area contributed by atoms with E-state index in [1.807, 2.05) is 32.0 Å². The maximum absolute atomic E-state index is 12.7. The molecule has 2 aromatic carbocycles.